The Bertz CT molecular complexity index is 531. The number of nitrogens with one attached hydrogen (secondary N) is 1. The minimum absolute atomic E-state index is 0.367. The Kier molecular flexibility index (Phi) is 7.64. The zero-order chi connectivity index (χ0) is 17.2. The zero-order valence-electron chi connectivity index (χ0n) is 14.4. The molecule has 1 saturated heterocycles. The van der Waals surface area contributed by atoms with Crippen molar-refractivity contribution in [2.75, 3.05) is 52.5 Å². The SMILES string of the molecule is COc1ccc(NC(N)=NCCCOCC2CCOC2)cc1OC. The van der Waals surface area contributed by atoms with Crippen LogP contribution in [0.25, 0.3) is 0 Å². The molecule has 1 aromatic rings. The first-order chi connectivity index (χ1) is 11.7. The van der Waals surface area contributed by atoms with Crippen LogP contribution in [0.15, 0.2) is 23.2 Å². The highest BCUT2D eigenvalue weighted by Crippen LogP contribution is 2.29. The lowest BCUT2D eigenvalue weighted by molar-refractivity contribution is 0.0893. The van der Waals surface area contributed by atoms with Crippen LogP contribution in [0.2, 0.25) is 0 Å². The van der Waals surface area contributed by atoms with E-state index in [1.807, 2.05) is 18.2 Å². The summed E-state index contributed by atoms with van der Waals surface area (Å²) in [6.07, 6.45) is 1.93. The highest BCUT2D eigenvalue weighted by Gasteiger charge is 2.15. The molecule has 7 nitrogen and oxygen atoms in total. The van der Waals surface area contributed by atoms with Gasteiger partial charge in [-0.1, -0.05) is 0 Å². The number of aliphatic imine (C=N–C) groups is 1. The quantitative estimate of drug-likeness (QED) is 0.406. The minimum atomic E-state index is 0.367. The maximum Gasteiger partial charge on any atom is 0.193 e. The maximum absolute atomic E-state index is 5.89. The Hall–Kier alpha value is -1.99. The third-order valence-corrected chi connectivity index (χ3v) is 3.76. The lowest BCUT2D eigenvalue weighted by Gasteiger charge is -2.11. The molecule has 0 aliphatic carbocycles. The second-order valence-corrected chi connectivity index (χ2v) is 5.62. The molecule has 0 radical (unpaired) electrons. The first kappa shape index (κ1) is 18.4. The molecule has 1 aliphatic heterocycles. The van der Waals surface area contributed by atoms with E-state index < -0.39 is 0 Å². The van der Waals surface area contributed by atoms with Crippen molar-refractivity contribution in [2.45, 2.75) is 12.8 Å². The largest absolute Gasteiger partial charge is 0.493 e. The molecule has 3 N–H and O–H groups in total. The van der Waals surface area contributed by atoms with Gasteiger partial charge < -0.3 is 30.0 Å². The van der Waals surface area contributed by atoms with Crippen LogP contribution in [0.4, 0.5) is 5.69 Å². The predicted octanol–water partition coefficient (Wildman–Crippen LogP) is 1.87. The molecule has 1 heterocycles. The average Bonchev–Trinajstić information content (AvgIpc) is 3.11. The number of anilines is 1. The van der Waals surface area contributed by atoms with Crippen LogP contribution < -0.4 is 20.5 Å². The summed E-state index contributed by atoms with van der Waals surface area (Å²) in [5.74, 6) is 2.22. The fraction of sp³-hybridized carbons (Fsp3) is 0.588. The van der Waals surface area contributed by atoms with Crippen LogP contribution in [-0.2, 0) is 9.47 Å². The molecule has 1 unspecified atom stereocenters. The highest BCUT2D eigenvalue weighted by molar-refractivity contribution is 5.92. The van der Waals surface area contributed by atoms with Crippen LogP contribution in [0.5, 0.6) is 11.5 Å². The van der Waals surface area contributed by atoms with E-state index in [9.17, 15) is 0 Å². The Balaban J connectivity index is 1.67. The summed E-state index contributed by atoms with van der Waals surface area (Å²) in [5, 5.41) is 3.04. The van der Waals surface area contributed by atoms with Crippen molar-refractivity contribution in [2.24, 2.45) is 16.6 Å². The molecule has 0 aromatic heterocycles. The van der Waals surface area contributed by atoms with Gasteiger partial charge in [-0.2, -0.15) is 0 Å². The fourth-order valence-electron chi connectivity index (χ4n) is 2.43. The van der Waals surface area contributed by atoms with Gasteiger partial charge in [-0.3, -0.25) is 4.99 Å². The maximum atomic E-state index is 5.89. The number of rotatable bonds is 9. The van der Waals surface area contributed by atoms with Crippen molar-refractivity contribution in [1.29, 1.82) is 0 Å². The third kappa shape index (κ3) is 5.90. The van der Waals surface area contributed by atoms with E-state index in [0.29, 0.717) is 36.5 Å². The van der Waals surface area contributed by atoms with Gasteiger partial charge in [0.1, 0.15) is 0 Å². The van der Waals surface area contributed by atoms with Crippen LogP contribution in [-0.4, -0.2) is 53.2 Å². The smallest absolute Gasteiger partial charge is 0.193 e. The molecule has 1 aliphatic rings. The molecule has 7 heteroatoms. The Labute approximate surface area is 143 Å². The molecule has 0 amide bonds. The van der Waals surface area contributed by atoms with Gasteiger partial charge in [-0.25, -0.2) is 0 Å². The first-order valence-electron chi connectivity index (χ1n) is 8.17. The molecule has 24 heavy (non-hydrogen) atoms. The molecule has 0 saturated carbocycles. The summed E-state index contributed by atoms with van der Waals surface area (Å²) in [6.45, 7) is 3.75. The van der Waals surface area contributed by atoms with Gasteiger partial charge in [0.25, 0.3) is 0 Å². The van der Waals surface area contributed by atoms with Crippen LogP contribution >= 0.6 is 0 Å². The lowest BCUT2D eigenvalue weighted by Crippen LogP contribution is -2.23. The molecule has 0 spiro atoms. The molecule has 1 atom stereocenters. The summed E-state index contributed by atoms with van der Waals surface area (Å²) in [5.41, 5.74) is 6.69. The molecule has 1 fully saturated rings. The summed E-state index contributed by atoms with van der Waals surface area (Å²) in [6, 6.07) is 5.49. The molecule has 1 aromatic carbocycles. The van der Waals surface area contributed by atoms with E-state index in [4.69, 9.17) is 24.7 Å². The van der Waals surface area contributed by atoms with E-state index in [0.717, 1.165) is 38.3 Å². The van der Waals surface area contributed by atoms with E-state index in [1.165, 1.54) is 0 Å². The summed E-state index contributed by atoms with van der Waals surface area (Å²) >= 11 is 0. The second kappa shape index (κ2) is 10.00. The van der Waals surface area contributed by atoms with Gasteiger partial charge in [0.05, 0.1) is 27.4 Å². The Morgan fingerprint density at radius 1 is 1.33 bits per heavy atom. The molecule has 134 valence electrons. The molecule has 2 rings (SSSR count). The average molecular weight is 337 g/mol. The van der Waals surface area contributed by atoms with Crippen molar-refractivity contribution in [1.82, 2.24) is 0 Å². The predicted molar refractivity (Wildman–Crippen MR) is 94.0 cm³/mol. The summed E-state index contributed by atoms with van der Waals surface area (Å²) in [7, 11) is 3.19. The van der Waals surface area contributed by atoms with E-state index in [1.54, 1.807) is 14.2 Å². The van der Waals surface area contributed by atoms with Gasteiger partial charge in [-0.15, -0.1) is 0 Å². The van der Waals surface area contributed by atoms with Crippen molar-refractivity contribution < 1.29 is 18.9 Å². The van der Waals surface area contributed by atoms with E-state index in [-0.39, 0.29) is 0 Å². The standard InChI is InChI=1S/C17H27N3O4/c1-21-15-5-4-14(10-16(15)22-2)20-17(18)19-7-3-8-23-11-13-6-9-24-12-13/h4-5,10,13H,3,6-9,11-12H2,1-2H3,(H3,18,19,20). The van der Waals surface area contributed by atoms with Gasteiger partial charge in [0.2, 0.25) is 0 Å². The van der Waals surface area contributed by atoms with Crippen molar-refractivity contribution >= 4 is 11.6 Å². The van der Waals surface area contributed by atoms with Gasteiger partial charge in [0, 0.05) is 37.4 Å². The monoisotopic (exact) mass is 337 g/mol. The Morgan fingerprint density at radius 2 is 2.17 bits per heavy atom. The number of nitrogens with two attached hydrogens (primary N) is 1. The summed E-state index contributed by atoms with van der Waals surface area (Å²) < 4.78 is 21.4. The number of benzene rings is 1. The normalized spacial score (nSPS) is 17.8. The first-order valence-corrected chi connectivity index (χ1v) is 8.17. The number of nitrogens with zero attached hydrogens (tertiary/aromatic N) is 1. The lowest BCUT2D eigenvalue weighted by atomic mass is 10.1. The van der Waals surface area contributed by atoms with Crippen LogP contribution in [0.1, 0.15) is 12.8 Å². The van der Waals surface area contributed by atoms with Crippen molar-refractivity contribution in [3.63, 3.8) is 0 Å². The second-order valence-electron chi connectivity index (χ2n) is 5.62. The van der Waals surface area contributed by atoms with E-state index in [2.05, 4.69) is 10.3 Å². The van der Waals surface area contributed by atoms with Crippen molar-refractivity contribution in [3.05, 3.63) is 18.2 Å². The van der Waals surface area contributed by atoms with Crippen LogP contribution in [0.3, 0.4) is 0 Å². The zero-order valence-corrected chi connectivity index (χ0v) is 14.4. The fourth-order valence-corrected chi connectivity index (χ4v) is 2.43. The highest BCUT2D eigenvalue weighted by atomic mass is 16.5. The van der Waals surface area contributed by atoms with Crippen LogP contribution in [0, 0.1) is 5.92 Å². The van der Waals surface area contributed by atoms with Gasteiger partial charge >= 0.3 is 0 Å². The Morgan fingerprint density at radius 3 is 2.88 bits per heavy atom. The number of ether oxygens (including phenoxy) is 4. The topological polar surface area (TPSA) is 87.3 Å². The molecule has 0 bridgehead atoms. The third-order valence-electron chi connectivity index (χ3n) is 3.76. The number of guanidine groups is 1. The molecular formula is C17H27N3O4. The van der Waals surface area contributed by atoms with Gasteiger partial charge in [0.15, 0.2) is 17.5 Å². The van der Waals surface area contributed by atoms with E-state index >= 15 is 0 Å². The van der Waals surface area contributed by atoms with Gasteiger partial charge in [-0.05, 0) is 25.0 Å². The number of hydrogen-bond donors (Lipinski definition) is 2. The van der Waals surface area contributed by atoms with Crippen molar-refractivity contribution in [3.8, 4) is 11.5 Å². The summed E-state index contributed by atoms with van der Waals surface area (Å²) in [4.78, 5) is 4.29. The molecular weight excluding hydrogens is 310 g/mol. The number of hydrogen-bond acceptors (Lipinski definition) is 5. The minimum Gasteiger partial charge on any atom is -0.493 e. The number of methoxy groups -OCH3 is 2.